The number of hydrogen-bond donors (Lipinski definition) is 0. The molecule has 0 aromatic heterocycles. The minimum atomic E-state index is 0.795. The Labute approximate surface area is 107 Å². The summed E-state index contributed by atoms with van der Waals surface area (Å²) in [7, 11) is 0. The summed E-state index contributed by atoms with van der Waals surface area (Å²) in [5.41, 5.74) is 0.795. The predicted molar refractivity (Wildman–Crippen MR) is 73.2 cm³/mol. The van der Waals surface area contributed by atoms with Crippen LogP contribution in [0.3, 0.4) is 0 Å². The van der Waals surface area contributed by atoms with Crippen molar-refractivity contribution < 1.29 is 0 Å². The highest BCUT2D eigenvalue weighted by Crippen LogP contribution is 2.45. The molecule has 98 valence electrons. The van der Waals surface area contributed by atoms with Crippen molar-refractivity contribution in [3.05, 3.63) is 0 Å². The Bertz CT molecular complexity index is 226. The summed E-state index contributed by atoms with van der Waals surface area (Å²) in [5.74, 6) is 0. The largest absolute Gasteiger partial charge is 0.300 e. The average molecular weight is 235 g/mol. The van der Waals surface area contributed by atoms with Crippen molar-refractivity contribution in [3.63, 3.8) is 0 Å². The first-order valence-corrected chi connectivity index (χ1v) is 8.12. The molecule has 2 aliphatic carbocycles. The molecule has 17 heavy (non-hydrogen) atoms. The second kappa shape index (κ2) is 5.30. The lowest BCUT2D eigenvalue weighted by Crippen LogP contribution is -2.46. The fourth-order valence-electron chi connectivity index (χ4n) is 4.61. The van der Waals surface area contributed by atoms with Crippen LogP contribution in [-0.2, 0) is 0 Å². The van der Waals surface area contributed by atoms with E-state index in [0.717, 1.165) is 11.5 Å². The van der Waals surface area contributed by atoms with Crippen LogP contribution in [0.25, 0.3) is 0 Å². The number of nitrogens with zero attached hydrogens (tertiary/aromatic N) is 1. The molecule has 1 spiro atoms. The zero-order chi connectivity index (χ0) is 11.6. The monoisotopic (exact) mass is 235 g/mol. The number of hydrogen-bond acceptors (Lipinski definition) is 1. The summed E-state index contributed by atoms with van der Waals surface area (Å²) in [4.78, 5) is 2.85. The molecule has 0 radical (unpaired) electrons. The van der Waals surface area contributed by atoms with Gasteiger partial charge in [0.25, 0.3) is 0 Å². The molecule has 0 bridgehead atoms. The van der Waals surface area contributed by atoms with Crippen LogP contribution < -0.4 is 0 Å². The SMILES string of the molecule is C1CCC(N2CCC3(CCCCC3)CC2)CC1. The fourth-order valence-corrected chi connectivity index (χ4v) is 4.61. The van der Waals surface area contributed by atoms with Crippen molar-refractivity contribution in [2.24, 2.45) is 5.41 Å². The molecule has 0 atom stereocenters. The van der Waals surface area contributed by atoms with Crippen molar-refractivity contribution in [2.75, 3.05) is 13.1 Å². The molecule has 3 fully saturated rings. The van der Waals surface area contributed by atoms with Gasteiger partial charge in [-0.05, 0) is 57.0 Å². The highest BCUT2D eigenvalue weighted by molar-refractivity contribution is 4.90. The lowest BCUT2D eigenvalue weighted by atomic mass is 9.68. The lowest BCUT2D eigenvalue weighted by Gasteiger charge is -2.47. The Morgan fingerprint density at radius 3 is 1.88 bits per heavy atom. The predicted octanol–water partition coefficient (Wildman–Crippen LogP) is 4.37. The van der Waals surface area contributed by atoms with E-state index in [1.165, 1.54) is 77.3 Å². The number of piperidine rings is 1. The first-order valence-electron chi connectivity index (χ1n) is 8.12. The molecular formula is C16H29N. The third-order valence-electron chi connectivity index (χ3n) is 5.86. The van der Waals surface area contributed by atoms with Crippen molar-refractivity contribution in [3.8, 4) is 0 Å². The van der Waals surface area contributed by atoms with Crippen molar-refractivity contribution in [1.29, 1.82) is 0 Å². The van der Waals surface area contributed by atoms with Gasteiger partial charge in [0.2, 0.25) is 0 Å². The first-order chi connectivity index (χ1) is 8.38. The van der Waals surface area contributed by atoms with Crippen molar-refractivity contribution in [1.82, 2.24) is 4.90 Å². The van der Waals surface area contributed by atoms with Crippen molar-refractivity contribution >= 4 is 0 Å². The molecule has 3 aliphatic rings. The van der Waals surface area contributed by atoms with Gasteiger partial charge in [-0.1, -0.05) is 38.5 Å². The van der Waals surface area contributed by atoms with Gasteiger partial charge in [0, 0.05) is 6.04 Å². The first kappa shape index (κ1) is 12.0. The van der Waals surface area contributed by atoms with Gasteiger partial charge in [0.1, 0.15) is 0 Å². The summed E-state index contributed by atoms with van der Waals surface area (Å²) >= 11 is 0. The second-order valence-electron chi connectivity index (χ2n) is 6.89. The van der Waals surface area contributed by atoms with Crippen LogP contribution in [0.2, 0.25) is 0 Å². The van der Waals surface area contributed by atoms with E-state index in [-0.39, 0.29) is 0 Å². The van der Waals surface area contributed by atoms with Crippen LogP contribution in [0.5, 0.6) is 0 Å². The smallest absolute Gasteiger partial charge is 0.00952 e. The average Bonchev–Trinajstić information content (AvgIpc) is 2.42. The van der Waals surface area contributed by atoms with Gasteiger partial charge in [-0.15, -0.1) is 0 Å². The van der Waals surface area contributed by atoms with Crippen LogP contribution in [0, 0.1) is 5.41 Å². The van der Waals surface area contributed by atoms with E-state index >= 15 is 0 Å². The molecule has 1 heterocycles. The normalized spacial score (nSPS) is 31.8. The molecule has 3 rings (SSSR count). The van der Waals surface area contributed by atoms with E-state index in [1.54, 1.807) is 12.8 Å². The van der Waals surface area contributed by atoms with Crippen LogP contribution in [0.1, 0.15) is 77.0 Å². The minimum Gasteiger partial charge on any atom is -0.300 e. The Balaban J connectivity index is 1.52. The Morgan fingerprint density at radius 1 is 0.647 bits per heavy atom. The number of likely N-dealkylation sites (tertiary alicyclic amines) is 1. The zero-order valence-electron chi connectivity index (χ0n) is 11.4. The van der Waals surface area contributed by atoms with Crippen LogP contribution in [-0.4, -0.2) is 24.0 Å². The fraction of sp³-hybridized carbons (Fsp3) is 1.00. The zero-order valence-corrected chi connectivity index (χ0v) is 11.4. The van der Waals surface area contributed by atoms with E-state index in [2.05, 4.69) is 4.90 Å². The van der Waals surface area contributed by atoms with Crippen LogP contribution in [0.4, 0.5) is 0 Å². The van der Waals surface area contributed by atoms with Gasteiger partial charge in [-0.3, -0.25) is 0 Å². The van der Waals surface area contributed by atoms with Gasteiger partial charge >= 0.3 is 0 Å². The van der Waals surface area contributed by atoms with Gasteiger partial charge < -0.3 is 4.90 Å². The summed E-state index contributed by atoms with van der Waals surface area (Å²) in [6.45, 7) is 2.84. The van der Waals surface area contributed by atoms with E-state index in [1.807, 2.05) is 0 Å². The third-order valence-corrected chi connectivity index (χ3v) is 5.86. The summed E-state index contributed by atoms with van der Waals surface area (Å²) in [5, 5.41) is 0. The summed E-state index contributed by atoms with van der Waals surface area (Å²) < 4.78 is 0. The molecule has 1 nitrogen and oxygen atoms in total. The summed E-state index contributed by atoms with van der Waals surface area (Å²) in [6, 6.07) is 0.963. The Morgan fingerprint density at radius 2 is 1.24 bits per heavy atom. The highest BCUT2D eigenvalue weighted by atomic mass is 15.2. The number of rotatable bonds is 1. The Kier molecular flexibility index (Phi) is 3.75. The maximum Gasteiger partial charge on any atom is 0.00952 e. The molecule has 0 unspecified atom stereocenters. The molecule has 0 aromatic carbocycles. The van der Waals surface area contributed by atoms with E-state index in [4.69, 9.17) is 0 Å². The molecule has 1 saturated heterocycles. The molecule has 1 heteroatoms. The molecule has 2 saturated carbocycles. The van der Waals surface area contributed by atoms with Crippen molar-refractivity contribution in [2.45, 2.75) is 83.1 Å². The third kappa shape index (κ3) is 2.70. The lowest BCUT2D eigenvalue weighted by molar-refractivity contribution is 0.0352. The Hall–Kier alpha value is -0.0400. The molecule has 0 aromatic rings. The highest BCUT2D eigenvalue weighted by Gasteiger charge is 2.37. The molecule has 0 amide bonds. The van der Waals surface area contributed by atoms with Crippen LogP contribution >= 0.6 is 0 Å². The minimum absolute atomic E-state index is 0.795. The maximum atomic E-state index is 2.85. The van der Waals surface area contributed by atoms with Gasteiger partial charge in [-0.2, -0.15) is 0 Å². The molecule has 1 aliphatic heterocycles. The standard InChI is InChI=1S/C16H29N/c1-3-7-15(8-4-1)17-13-11-16(12-14-17)9-5-2-6-10-16/h15H,1-14H2. The van der Waals surface area contributed by atoms with Gasteiger partial charge in [0.15, 0.2) is 0 Å². The van der Waals surface area contributed by atoms with E-state index < -0.39 is 0 Å². The maximum absolute atomic E-state index is 2.85. The van der Waals surface area contributed by atoms with E-state index in [9.17, 15) is 0 Å². The van der Waals surface area contributed by atoms with Gasteiger partial charge in [-0.25, -0.2) is 0 Å². The van der Waals surface area contributed by atoms with E-state index in [0.29, 0.717) is 0 Å². The second-order valence-corrected chi connectivity index (χ2v) is 6.89. The molecule has 0 N–H and O–H groups in total. The molecular weight excluding hydrogens is 206 g/mol. The quantitative estimate of drug-likeness (QED) is 0.652. The van der Waals surface area contributed by atoms with Gasteiger partial charge in [0.05, 0.1) is 0 Å². The van der Waals surface area contributed by atoms with Crippen LogP contribution in [0.15, 0.2) is 0 Å². The summed E-state index contributed by atoms with van der Waals surface area (Å²) in [6.07, 6.45) is 18.1. The topological polar surface area (TPSA) is 3.24 Å².